The van der Waals surface area contributed by atoms with Crippen molar-refractivity contribution < 1.29 is 9.37 Å². The molecule has 0 aromatic carbocycles. The van der Waals surface area contributed by atoms with Crippen molar-refractivity contribution in [1.29, 1.82) is 5.26 Å². The first kappa shape index (κ1) is 16.2. The molecule has 2 N–H and O–H groups in total. The Kier molecular flexibility index (Phi) is 4.10. The highest BCUT2D eigenvalue weighted by Crippen LogP contribution is 2.26. The van der Waals surface area contributed by atoms with Gasteiger partial charge in [-0.1, -0.05) is 0 Å². The molecule has 1 saturated heterocycles. The fourth-order valence-electron chi connectivity index (χ4n) is 3.08. The molecule has 0 unspecified atom stereocenters. The van der Waals surface area contributed by atoms with Crippen molar-refractivity contribution in [1.82, 2.24) is 20.3 Å². The summed E-state index contributed by atoms with van der Waals surface area (Å²) in [5, 5.41) is 17.0. The Morgan fingerprint density at radius 1 is 1.23 bits per heavy atom. The predicted octanol–water partition coefficient (Wildman–Crippen LogP) is 1.20. The highest BCUT2D eigenvalue weighted by molar-refractivity contribution is 5.85. The van der Waals surface area contributed by atoms with E-state index in [0.717, 1.165) is 17.0 Å². The van der Waals surface area contributed by atoms with Crippen molar-refractivity contribution in [3.8, 4) is 6.07 Å². The van der Waals surface area contributed by atoms with E-state index in [2.05, 4.69) is 26.3 Å². The van der Waals surface area contributed by atoms with Crippen LogP contribution >= 0.6 is 0 Å². The highest BCUT2D eigenvalue weighted by Gasteiger charge is 2.19. The maximum absolute atomic E-state index is 9.41. The molecule has 0 aliphatic carbocycles. The van der Waals surface area contributed by atoms with Crippen LogP contribution in [0.5, 0.6) is 0 Å². The molecular weight excluding hydrogens is 334 g/mol. The number of aromatic nitrogens is 4. The average molecular weight is 351 g/mol. The van der Waals surface area contributed by atoms with Gasteiger partial charge in [-0.2, -0.15) is 5.26 Å². The molecule has 4 rings (SSSR count). The number of rotatable bonds is 3. The van der Waals surface area contributed by atoms with Crippen LogP contribution in [0.3, 0.4) is 0 Å². The van der Waals surface area contributed by atoms with Gasteiger partial charge in [-0.05, 0) is 29.4 Å². The molecule has 9 nitrogen and oxygen atoms in total. The number of aryl methyl sites for hydroxylation is 1. The smallest absolute Gasteiger partial charge is 0.226 e. The van der Waals surface area contributed by atoms with E-state index in [4.69, 9.17) is 20.1 Å². The highest BCUT2D eigenvalue weighted by atomic mass is 16.6. The van der Waals surface area contributed by atoms with Gasteiger partial charge in [0.2, 0.25) is 5.65 Å². The molecule has 1 aliphatic rings. The Labute approximate surface area is 149 Å². The summed E-state index contributed by atoms with van der Waals surface area (Å²) in [5.41, 5.74) is 10.5. The molecule has 0 spiro atoms. The average Bonchev–Trinajstić information content (AvgIpc) is 3.14. The van der Waals surface area contributed by atoms with Crippen LogP contribution in [0.4, 0.5) is 11.5 Å². The molecule has 1 aliphatic heterocycles. The Morgan fingerprint density at radius 2 is 2.04 bits per heavy atom. The topological polar surface area (TPSA) is 127 Å². The first-order valence-electron chi connectivity index (χ1n) is 8.27. The van der Waals surface area contributed by atoms with E-state index in [1.807, 2.05) is 13.0 Å². The quantitative estimate of drug-likeness (QED) is 0.740. The van der Waals surface area contributed by atoms with Crippen LogP contribution in [0.1, 0.15) is 22.5 Å². The lowest BCUT2D eigenvalue weighted by molar-refractivity contribution is 0.122. The number of pyridine rings is 2. The van der Waals surface area contributed by atoms with Crippen LogP contribution in [0.15, 0.2) is 16.8 Å². The Morgan fingerprint density at radius 3 is 2.81 bits per heavy atom. The lowest BCUT2D eigenvalue weighted by Crippen LogP contribution is -2.37. The van der Waals surface area contributed by atoms with Crippen molar-refractivity contribution in [2.75, 3.05) is 36.9 Å². The Bertz CT molecular complexity index is 1000. The molecule has 9 heteroatoms. The van der Waals surface area contributed by atoms with Gasteiger partial charge in [0.15, 0.2) is 5.52 Å². The van der Waals surface area contributed by atoms with Gasteiger partial charge in [-0.25, -0.2) is 14.6 Å². The lowest BCUT2D eigenvalue weighted by Gasteiger charge is -2.28. The van der Waals surface area contributed by atoms with E-state index in [0.29, 0.717) is 61.0 Å². The second kappa shape index (κ2) is 6.57. The summed E-state index contributed by atoms with van der Waals surface area (Å²) in [5.74, 6) is 0.682. The van der Waals surface area contributed by atoms with Crippen LogP contribution in [0.2, 0.25) is 0 Å². The SMILES string of the molecule is Cc1nc2nonc2c(N)c1Cc1ccc(C#N)c(N2CCOCC2)n1. The maximum Gasteiger partial charge on any atom is 0.226 e. The normalized spacial score (nSPS) is 14.5. The van der Waals surface area contributed by atoms with Gasteiger partial charge in [0.1, 0.15) is 11.9 Å². The fourth-order valence-corrected chi connectivity index (χ4v) is 3.08. The first-order valence-corrected chi connectivity index (χ1v) is 8.27. The molecule has 26 heavy (non-hydrogen) atoms. The number of hydrogen-bond acceptors (Lipinski definition) is 9. The van der Waals surface area contributed by atoms with Gasteiger partial charge in [0.25, 0.3) is 0 Å². The van der Waals surface area contributed by atoms with E-state index >= 15 is 0 Å². The van der Waals surface area contributed by atoms with Crippen LogP contribution in [-0.2, 0) is 11.2 Å². The summed E-state index contributed by atoms with van der Waals surface area (Å²) < 4.78 is 10.1. The van der Waals surface area contributed by atoms with Crippen molar-refractivity contribution in [3.05, 3.63) is 34.6 Å². The second-order valence-electron chi connectivity index (χ2n) is 6.09. The third-order valence-corrected chi connectivity index (χ3v) is 4.48. The van der Waals surface area contributed by atoms with Crippen molar-refractivity contribution in [2.45, 2.75) is 13.3 Å². The van der Waals surface area contributed by atoms with E-state index in [9.17, 15) is 5.26 Å². The molecule has 0 bridgehead atoms. The Hall–Kier alpha value is -3.25. The minimum absolute atomic E-state index is 0.394. The number of hydrogen-bond donors (Lipinski definition) is 1. The molecule has 1 fully saturated rings. The zero-order valence-corrected chi connectivity index (χ0v) is 14.3. The van der Waals surface area contributed by atoms with Crippen LogP contribution in [-0.4, -0.2) is 46.6 Å². The number of nitrogens with two attached hydrogens (primary N) is 1. The molecular formula is C17H17N7O2. The Balaban J connectivity index is 1.72. The predicted molar refractivity (Wildman–Crippen MR) is 93.5 cm³/mol. The molecule has 3 aromatic heterocycles. The summed E-state index contributed by atoms with van der Waals surface area (Å²) in [6.07, 6.45) is 0.483. The third kappa shape index (κ3) is 2.80. The third-order valence-electron chi connectivity index (χ3n) is 4.48. The number of nitriles is 1. The van der Waals surface area contributed by atoms with Crippen molar-refractivity contribution in [3.63, 3.8) is 0 Å². The number of anilines is 2. The minimum Gasteiger partial charge on any atom is -0.396 e. The monoisotopic (exact) mass is 351 g/mol. The number of fused-ring (bicyclic) bond motifs is 1. The van der Waals surface area contributed by atoms with Gasteiger partial charge in [0, 0.05) is 36.5 Å². The summed E-state index contributed by atoms with van der Waals surface area (Å²) in [6, 6.07) is 5.85. The maximum atomic E-state index is 9.41. The standard InChI is InChI=1S/C17H17N7O2/c1-10-13(14(19)15-16(20-10)23-26-22-15)8-12-3-2-11(9-18)17(21-12)24-4-6-25-7-5-24/h2-3H,4-8,19H2,1H3. The van der Waals surface area contributed by atoms with Crippen LogP contribution in [0, 0.1) is 18.3 Å². The second-order valence-corrected chi connectivity index (χ2v) is 6.09. The number of morpholine rings is 1. The number of nitrogens with zero attached hydrogens (tertiary/aromatic N) is 6. The molecule has 132 valence electrons. The summed E-state index contributed by atoms with van der Waals surface area (Å²) in [7, 11) is 0. The van der Waals surface area contributed by atoms with Crippen LogP contribution in [0.25, 0.3) is 11.2 Å². The minimum atomic E-state index is 0.394. The molecule has 0 amide bonds. The molecule has 0 radical (unpaired) electrons. The van der Waals surface area contributed by atoms with Gasteiger partial charge >= 0.3 is 0 Å². The largest absolute Gasteiger partial charge is 0.396 e. The number of ether oxygens (including phenoxy) is 1. The van der Waals surface area contributed by atoms with Gasteiger partial charge < -0.3 is 15.4 Å². The van der Waals surface area contributed by atoms with Gasteiger partial charge in [-0.15, -0.1) is 0 Å². The van der Waals surface area contributed by atoms with E-state index in [1.165, 1.54) is 0 Å². The van der Waals surface area contributed by atoms with Gasteiger partial charge in [-0.3, -0.25) is 0 Å². The zero-order valence-electron chi connectivity index (χ0n) is 14.3. The molecule has 0 saturated carbocycles. The zero-order chi connectivity index (χ0) is 18.1. The van der Waals surface area contributed by atoms with Crippen molar-refractivity contribution in [2.24, 2.45) is 0 Å². The van der Waals surface area contributed by atoms with Gasteiger partial charge in [0.05, 0.1) is 24.5 Å². The van der Waals surface area contributed by atoms with Crippen molar-refractivity contribution >= 4 is 22.7 Å². The van der Waals surface area contributed by atoms with E-state index in [1.54, 1.807) is 6.07 Å². The van der Waals surface area contributed by atoms with E-state index in [-0.39, 0.29) is 0 Å². The summed E-state index contributed by atoms with van der Waals surface area (Å²) in [6.45, 7) is 4.55. The fraction of sp³-hybridized carbons (Fsp3) is 0.353. The summed E-state index contributed by atoms with van der Waals surface area (Å²) >= 11 is 0. The first-order chi connectivity index (χ1) is 12.7. The molecule has 0 atom stereocenters. The van der Waals surface area contributed by atoms with E-state index < -0.39 is 0 Å². The number of nitrogen functional groups attached to an aromatic ring is 1. The van der Waals surface area contributed by atoms with Crippen LogP contribution < -0.4 is 10.6 Å². The molecule has 4 heterocycles. The lowest BCUT2D eigenvalue weighted by atomic mass is 10.0. The summed E-state index contributed by atoms with van der Waals surface area (Å²) in [4.78, 5) is 11.2. The molecule has 3 aromatic rings.